The first-order chi connectivity index (χ1) is 11.0. The summed E-state index contributed by atoms with van der Waals surface area (Å²) in [5.74, 6) is -0.996. The van der Waals surface area contributed by atoms with Crippen molar-refractivity contribution < 1.29 is 14.3 Å². The highest BCUT2D eigenvalue weighted by molar-refractivity contribution is 6.30. The van der Waals surface area contributed by atoms with Crippen molar-refractivity contribution in [1.82, 2.24) is 15.5 Å². The molecule has 0 saturated carbocycles. The Hall–Kier alpha value is -2.67. The van der Waals surface area contributed by atoms with Crippen molar-refractivity contribution in [3.05, 3.63) is 63.0 Å². The maximum Gasteiger partial charge on any atom is 0.307 e. The first kappa shape index (κ1) is 16.7. The maximum absolute atomic E-state index is 12.2. The fourth-order valence-corrected chi connectivity index (χ4v) is 2.03. The fraction of sp³-hybridized carbons (Fsp3) is 0.200. The van der Waals surface area contributed by atoms with Crippen LogP contribution in [0.5, 0.6) is 0 Å². The van der Waals surface area contributed by atoms with E-state index in [2.05, 4.69) is 20.3 Å². The van der Waals surface area contributed by atoms with Crippen LogP contribution in [0.15, 0.2) is 41.2 Å². The Bertz CT molecular complexity index is 738. The van der Waals surface area contributed by atoms with Crippen molar-refractivity contribution in [3.63, 3.8) is 0 Å². The highest BCUT2D eigenvalue weighted by Gasteiger charge is 2.20. The predicted molar refractivity (Wildman–Crippen MR) is 83.1 cm³/mol. The van der Waals surface area contributed by atoms with Gasteiger partial charge < -0.3 is 10.1 Å². The standard InChI is InChI=1S/C15H14ClN3O4/c1-23-14(21)8-12(9-2-4-10(16)5-3-9)17-15(22)11-6-7-13(20)19-18-11/h2-7,12H,8H2,1H3,(H,17,22)(H,19,20). The average Bonchev–Trinajstić information content (AvgIpc) is 2.55. The summed E-state index contributed by atoms with van der Waals surface area (Å²) in [7, 11) is 1.27. The Labute approximate surface area is 136 Å². The third-order valence-corrected chi connectivity index (χ3v) is 3.34. The van der Waals surface area contributed by atoms with E-state index in [0.717, 1.165) is 0 Å². The van der Waals surface area contributed by atoms with Gasteiger partial charge in [0.1, 0.15) is 5.69 Å². The lowest BCUT2D eigenvalue weighted by Crippen LogP contribution is -2.31. The van der Waals surface area contributed by atoms with Gasteiger partial charge in [0.25, 0.3) is 11.5 Å². The number of carbonyl (C=O) groups is 2. The van der Waals surface area contributed by atoms with Crippen LogP contribution in [-0.2, 0) is 9.53 Å². The lowest BCUT2D eigenvalue weighted by atomic mass is 10.0. The number of amides is 1. The van der Waals surface area contributed by atoms with E-state index in [9.17, 15) is 14.4 Å². The number of benzene rings is 1. The summed E-state index contributed by atoms with van der Waals surface area (Å²) in [6.07, 6.45) is -0.0484. The third kappa shape index (κ3) is 4.65. The molecule has 0 fully saturated rings. The number of halogens is 1. The summed E-state index contributed by atoms with van der Waals surface area (Å²) >= 11 is 5.84. The van der Waals surface area contributed by atoms with Crippen LogP contribution >= 0.6 is 11.6 Å². The summed E-state index contributed by atoms with van der Waals surface area (Å²) in [4.78, 5) is 34.7. The number of hydrogen-bond acceptors (Lipinski definition) is 5. The van der Waals surface area contributed by atoms with Gasteiger partial charge in [0.15, 0.2) is 0 Å². The van der Waals surface area contributed by atoms with Crippen LogP contribution in [0.25, 0.3) is 0 Å². The van der Waals surface area contributed by atoms with Crippen molar-refractivity contribution in [3.8, 4) is 0 Å². The van der Waals surface area contributed by atoms with E-state index >= 15 is 0 Å². The monoisotopic (exact) mass is 335 g/mol. The largest absolute Gasteiger partial charge is 0.469 e. The summed E-state index contributed by atoms with van der Waals surface area (Å²) < 4.78 is 4.65. The number of aromatic amines is 1. The first-order valence-electron chi connectivity index (χ1n) is 6.68. The molecular formula is C15H14ClN3O4. The van der Waals surface area contributed by atoms with Crippen LogP contribution in [0.1, 0.15) is 28.5 Å². The van der Waals surface area contributed by atoms with Gasteiger partial charge in [0.05, 0.1) is 19.6 Å². The molecule has 1 unspecified atom stereocenters. The smallest absolute Gasteiger partial charge is 0.307 e. The van der Waals surface area contributed by atoms with E-state index in [-0.39, 0.29) is 12.1 Å². The second-order valence-electron chi connectivity index (χ2n) is 4.66. The molecule has 7 nitrogen and oxygen atoms in total. The Morgan fingerprint density at radius 1 is 1.26 bits per heavy atom. The van der Waals surface area contributed by atoms with Gasteiger partial charge in [0, 0.05) is 11.1 Å². The number of H-pyrrole nitrogens is 1. The average molecular weight is 336 g/mol. The zero-order valence-corrected chi connectivity index (χ0v) is 13.0. The number of ether oxygens (including phenoxy) is 1. The van der Waals surface area contributed by atoms with E-state index in [1.54, 1.807) is 24.3 Å². The first-order valence-corrected chi connectivity index (χ1v) is 7.06. The molecule has 2 N–H and O–H groups in total. The number of esters is 1. The van der Waals surface area contributed by atoms with Crippen LogP contribution in [0.3, 0.4) is 0 Å². The van der Waals surface area contributed by atoms with Gasteiger partial charge in [-0.25, -0.2) is 5.10 Å². The molecule has 1 heterocycles. The highest BCUT2D eigenvalue weighted by atomic mass is 35.5. The summed E-state index contributed by atoms with van der Waals surface area (Å²) in [6, 6.07) is 8.61. The zero-order valence-electron chi connectivity index (χ0n) is 12.2. The van der Waals surface area contributed by atoms with Crippen LogP contribution in [-0.4, -0.2) is 29.2 Å². The number of methoxy groups -OCH3 is 1. The van der Waals surface area contributed by atoms with E-state index < -0.39 is 23.5 Å². The SMILES string of the molecule is COC(=O)CC(NC(=O)c1ccc(=O)[nH]n1)c1ccc(Cl)cc1. The second kappa shape index (κ2) is 7.55. The molecule has 2 rings (SSSR count). The van der Waals surface area contributed by atoms with Gasteiger partial charge in [-0.3, -0.25) is 14.4 Å². The molecule has 1 aromatic carbocycles. The van der Waals surface area contributed by atoms with Gasteiger partial charge in [-0.15, -0.1) is 0 Å². The van der Waals surface area contributed by atoms with E-state index in [4.69, 9.17) is 11.6 Å². The molecule has 0 radical (unpaired) electrons. The quantitative estimate of drug-likeness (QED) is 0.805. The predicted octanol–water partition coefficient (Wildman–Crippen LogP) is 1.46. The van der Waals surface area contributed by atoms with Crippen LogP contribution in [0.4, 0.5) is 0 Å². The van der Waals surface area contributed by atoms with Crippen LogP contribution in [0, 0.1) is 0 Å². The van der Waals surface area contributed by atoms with Gasteiger partial charge >= 0.3 is 5.97 Å². The molecule has 1 atom stereocenters. The summed E-state index contributed by atoms with van der Waals surface area (Å²) in [6.45, 7) is 0. The molecular weight excluding hydrogens is 322 g/mol. The van der Waals surface area contributed by atoms with Crippen molar-refractivity contribution in [2.24, 2.45) is 0 Å². The molecule has 1 amide bonds. The fourth-order valence-electron chi connectivity index (χ4n) is 1.90. The Morgan fingerprint density at radius 2 is 1.96 bits per heavy atom. The van der Waals surface area contributed by atoms with E-state index in [0.29, 0.717) is 10.6 Å². The minimum atomic E-state index is -0.610. The van der Waals surface area contributed by atoms with Crippen LogP contribution < -0.4 is 10.9 Å². The molecule has 8 heteroatoms. The maximum atomic E-state index is 12.2. The van der Waals surface area contributed by atoms with Crippen molar-refractivity contribution >= 4 is 23.5 Å². The molecule has 0 aliphatic rings. The highest BCUT2D eigenvalue weighted by Crippen LogP contribution is 2.20. The Morgan fingerprint density at radius 3 is 2.52 bits per heavy atom. The minimum Gasteiger partial charge on any atom is -0.469 e. The number of rotatable bonds is 5. The number of aromatic nitrogens is 2. The minimum absolute atomic E-state index is 0.0356. The lowest BCUT2D eigenvalue weighted by Gasteiger charge is -2.18. The molecule has 0 saturated heterocycles. The molecule has 0 bridgehead atoms. The van der Waals surface area contributed by atoms with Gasteiger partial charge in [0.2, 0.25) is 0 Å². The Balaban J connectivity index is 2.21. The molecule has 23 heavy (non-hydrogen) atoms. The number of carbonyl (C=O) groups excluding carboxylic acids is 2. The molecule has 1 aromatic heterocycles. The lowest BCUT2D eigenvalue weighted by molar-refractivity contribution is -0.141. The summed E-state index contributed by atoms with van der Waals surface area (Å²) in [5, 5.41) is 9.06. The van der Waals surface area contributed by atoms with Crippen molar-refractivity contribution in [2.45, 2.75) is 12.5 Å². The number of nitrogens with one attached hydrogen (secondary N) is 2. The molecule has 0 aliphatic heterocycles. The molecule has 120 valence electrons. The topological polar surface area (TPSA) is 101 Å². The zero-order chi connectivity index (χ0) is 16.8. The van der Waals surface area contributed by atoms with Crippen molar-refractivity contribution in [1.29, 1.82) is 0 Å². The van der Waals surface area contributed by atoms with E-state index in [1.807, 2.05) is 0 Å². The van der Waals surface area contributed by atoms with E-state index in [1.165, 1.54) is 19.2 Å². The number of hydrogen-bond donors (Lipinski definition) is 2. The van der Waals surface area contributed by atoms with Gasteiger partial charge in [-0.1, -0.05) is 23.7 Å². The Kier molecular flexibility index (Phi) is 5.48. The molecule has 0 aliphatic carbocycles. The van der Waals surface area contributed by atoms with Crippen LogP contribution in [0.2, 0.25) is 5.02 Å². The summed E-state index contributed by atoms with van der Waals surface area (Å²) in [5.41, 5.74) is 0.316. The van der Waals surface area contributed by atoms with Crippen molar-refractivity contribution in [2.75, 3.05) is 7.11 Å². The third-order valence-electron chi connectivity index (χ3n) is 3.09. The van der Waals surface area contributed by atoms with Gasteiger partial charge in [-0.05, 0) is 23.8 Å². The second-order valence-corrected chi connectivity index (χ2v) is 5.10. The molecule has 0 spiro atoms. The van der Waals surface area contributed by atoms with Gasteiger partial charge in [-0.2, -0.15) is 5.10 Å². The normalized spacial score (nSPS) is 11.6. The number of nitrogens with zero attached hydrogens (tertiary/aromatic N) is 1. The molecule has 2 aromatic rings.